The summed E-state index contributed by atoms with van der Waals surface area (Å²) in [4.78, 5) is 12.5. The van der Waals surface area contributed by atoms with Gasteiger partial charge in [-0.3, -0.25) is 4.79 Å². The molecule has 0 aliphatic carbocycles. The summed E-state index contributed by atoms with van der Waals surface area (Å²) in [6.07, 6.45) is 0. The first-order chi connectivity index (χ1) is 10.9. The minimum atomic E-state index is -0.785. The van der Waals surface area contributed by atoms with Crippen LogP contribution in [-0.4, -0.2) is 12.4 Å². The third kappa shape index (κ3) is 5.38. The van der Waals surface area contributed by atoms with E-state index in [1.807, 2.05) is 0 Å². The smallest absolute Gasteiger partial charge is 0.184 e. The van der Waals surface area contributed by atoms with Gasteiger partial charge >= 0.3 is 0 Å². The number of carbonyl (C=O) groups is 1. The molecule has 130 valence electrons. The monoisotopic (exact) mass is 387 g/mol. The molecule has 3 nitrogen and oxygen atoms in total. The maximum Gasteiger partial charge on any atom is 0.184 e. The van der Waals surface area contributed by atoms with E-state index < -0.39 is 6.04 Å². The number of rotatable bonds is 6. The molecular formula is C18H20Cl3NO2. The van der Waals surface area contributed by atoms with Gasteiger partial charge in [-0.2, -0.15) is 0 Å². The molecule has 2 N–H and O–H groups in total. The number of ketones is 1. The van der Waals surface area contributed by atoms with Crippen LogP contribution in [0.3, 0.4) is 0 Å². The third-order valence-electron chi connectivity index (χ3n) is 3.31. The second-order valence-electron chi connectivity index (χ2n) is 5.74. The number of hydrogen-bond acceptors (Lipinski definition) is 3. The zero-order valence-corrected chi connectivity index (χ0v) is 15.8. The van der Waals surface area contributed by atoms with Crippen LogP contribution in [0.25, 0.3) is 0 Å². The molecule has 0 heterocycles. The second-order valence-corrected chi connectivity index (χ2v) is 6.56. The lowest BCUT2D eigenvalue weighted by atomic mass is 9.98. The fraction of sp³-hybridized carbons (Fsp3) is 0.278. The molecule has 0 aliphatic rings. The van der Waals surface area contributed by atoms with Crippen molar-refractivity contribution in [1.29, 1.82) is 0 Å². The zero-order valence-electron chi connectivity index (χ0n) is 13.5. The molecular weight excluding hydrogens is 369 g/mol. The van der Waals surface area contributed by atoms with Crippen LogP contribution in [0, 0.1) is 5.92 Å². The molecule has 1 unspecified atom stereocenters. The number of ether oxygens (including phenoxy) is 1. The standard InChI is InChI=1S/C18H19Cl2NO2.ClH/c1-11(2)10-23-14-6-3-12(4-7-14)18(22)17(21)13-5-8-15(19)16(20)9-13;/h3-9,11,17H,10,21H2,1-2H3;1H. The Morgan fingerprint density at radius 2 is 1.71 bits per heavy atom. The summed E-state index contributed by atoms with van der Waals surface area (Å²) in [6.45, 7) is 4.79. The molecule has 0 spiro atoms. The molecule has 0 radical (unpaired) electrons. The number of hydrogen-bond donors (Lipinski definition) is 1. The van der Waals surface area contributed by atoms with Crippen molar-refractivity contribution >= 4 is 41.4 Å². The summed E-state index contributed by atoms with van der Waals surface area (Å²) in [5.41, 5.74) is 7.20. The summed E-state index contributed by atoms with van der Waals surface area (Å²) >= 11 is 11.9. The summed E-state index contributed by atoms with van der Waals surface area (Å²) < 4.78 is 5.60. The average Bonchev–Trinajstić information content (AvgIpc) is 2.54. The Morgan fingerprint density at radius 3 is 2.25 bits per heavy atom. The summed E-state index contributed by atoms with van der Waals surface area (Å²) in [5.74, 6) is 0.997. The highest BCUT2D eigenvalue weighted by Gasteiger charge is 2.18. The highest BCUT2D eigenvalue weighted by atomic mass is 35.5. The molecule has 0 aliphatic heterocycles. The van der Waals surface area contributed by atoms with Gasteiger partial charge in [-0.15, -0.1) is 12.4 Å². The second kappa shape index (κ2) is 9.28. The summed E-state index contributed by atoms with van der Waals surface area (Å²) in [5, 5.41) is 0.812. The average molecular weight is 389 g/mol. The molecule has 24 heavy (non-hydrogen) atoms. The molecule has 0 aromatic heterocycles. The maximum atomic E-state index is 12.5. The molecule has 0 saturated carbocycles. The normalized spacial score (nSPS) is 11.8. The topological polar surface area (TPSA) is 52.3 Å². The number of carbonyl (C=O) groups excluding carboxylic acids is 1. The van der Waals surface area contributed by atoms with Crippen molar-refractivity contribution < 1.29 is 9.53 Å². The highest BCUT2D eigenvalue weighted by Crippen LogP contribution is 2.26. The molecule has 0 bridgehead atoms. The van der Waals surface area contributed by atoms with Crippen LogP contribution < -0.4 is 10.5 Å². The number of halogens is 3. The zero-order chi connectivity index (χ0) is 17.0. The largest absolute Gasteiger partial charge is 0.493 e. The molecule has 0 amide bonds. The first-order valence-corrected chi connectivity index (χ1v) is 8.11. The molecule has 0 saturated heterocycles. The van der Waals surface area contributed by atoms with Gasteiger partial charge in [-0.1, -0.05) is 43.1 Å². The number of benzene rings is 2. The van der Waals surface area contributed by atoms with Crippen molar-refractivity contribution in [3.8, 4) is 5.75 Å². The van der Waals surface area contributed by atoms with Crippen LogP contribution in [0.4, 0.5) is 0 Å². The van der Waals surface area contributed by atoms with Crippen LogP contribution in [0.5, 0.6) is 5.75 Å². The van der Waals surface area contributed by atoms with Gasteiger partial charge in [-0.25, -0.2) is 0 Å². The lowest BCUT2D eigenvalue weighted by Gasteiger charge is -2.13. The Kier molecular flexibility index (Phi) is 8.04. The molecule has 2 rings (SSSR count). The minimum Gasteiger partial charge on any atom is -0.493 e. The van der Waals surface area contributed by atoms with Crippen molar-refractivity contribution in [2.24, 2.45) is 11.7 Å². The van der Waals surface area contributed by atoms with Crippen LogP contribution in [0.15, 0.2) is 42.5 Å². The van der Waals surface area contributed by atoms with Gasteiger partial charge in [0.1, 0.15) is 5.75 Å². The van der Waals surface area contributed by atoms with Gasteiger partial charge in [0.15, 0.2) is 5.78 Å². The van der Waals surface area contributed by atoms with E-state index in [0.29, 0.717) is 33.7 Å². The number of Topliss-reactive ketones (excluding diaryl/α,β-unsaturated/α-hetero) is 1. The van der Waals surface area contributed by atoms with E-state index in [1.165, 1.54) is 0 Å². The first-order valence-electron chi connectivity index (χ1n) is 7.36. The Labute approximate surface area is 158 Å². The van der Waals surface area contributed by atoms with Gasteiger partial charge in [0.05, 0.1) is 22.7 Å². The summed E-state index contributed by atoms with van der Waals surface area (Å²) in [7, 11) is 0. The molecule has 2 aromatic carbocycles. The predicted molar refractivity (Wildman–Crippen MR) is 102 cm³/mol. The Balaban J connectivity index is 0.00000288. The van der Waals surface area contributed by atoms with E-state index in [-0.39, 0.29) is 18.2 Å². The van der Waals surface area contributed by atoms with Gasteiger partial charge in [0.2, 0.25) is 0 Å². The minimum absolute atomic E-state index is 0. The lowest BCUT2D eigenvalue weighted by molar-refractivity contribution is 0.0961. The van der Waals surface area contributed by atoms with Crippen molar-refractivity contribution in [1.82, 2.24) is 0 Å². The fourth-order valence-corrected chi connectivity index (χ4v) is 2.32. The van der Waals surface area contributed by atoms with E-state index in [4.69, 9.17) is 33.7 Å². The van der Waals surface area contributed by atoms with Crippen molar-refractivity contribution in [2.75, 3.05) is 6.61 Å². The first kappa shape index (κ1) is 20.8. The quantitative estimate of drug-likeness (QED) is 0.680. The van der Waals surface area contributed by atoms with Crippen LogP contribution in [-0.2, 0) is 0 Å². The molecule has 1 atom stereocenters. The fourth-order valence-electron chi connectivity index (χ4n) is 2.02. The van der Waals surface area contributed by atoms with Gasteiger partial charge < -0.3 is 10.5 Å². The Bertz CT molecular complexity index is 687. The van der Waals surface area contributed by atoms with Gasteiger partial charge in [-0.05, 0) is 47.9 Å². The Hall–Kier alpha value is -1.26. The van der Waals surface area contributed by atoms with E-state index in [1.54, 1.807) is 42.5 Å². The van der Waals surface area contributed by atoms with Crippen LogP contribution in [0.1, 0.15) is 35.8 Å². The SMILES string of the molecule is CC(C)COc1ccc(C(=O)C(N)c2ccc(Cl)c(Cl)c2)cc1.Cl. The summed E-state index contributed by atoms with van der Waals surface area (Å²) in [6, 6.07) is 11.2. The van der Waals surface area contributed by atoms with Crippen molar-refractivity contribution in [3.05, 3.63) is 63.6 Å². The van der Waals surface area contributed by atoms with Gasteiger partial charge in [0, 0.05) is 5.56 Å². The highest BCUT2D eigenvalue weighted by molar-refractivity contribution is 6.42. The lowest BCUT2D eigenvalue weighted by Crippen LogP contribution is -2.21. The van der Waals surface area contributed by atoms with E-state index in [0.717, 1.165) is 5.75 Å². The van der Waals surface area contributed by atoms with E-state index in [9.17, 15) is 4.79 Å². The molecule has 6 heteroatoms. The molecule has 2 aromatic rings. The van der Waals surface area contributed by atoms with E-state index >= 15 is 0 Å². The van der Waals surface area contributed by atoms with Crippen molar-refractivity contribution in [2.45, 2.75) is 19.9 Å². The number of nitrogens with two attached hydrogens (primary N) is 1. The van der Waals surface area contributed by atoms with Gasteiger partial charge in [0.25, 0.3) is 0 Å². The maximum absolute atomic E-state index is 12.5. The van der Waals surface area contributed by atoms with Crippen LogP contribution >= 0.6 is 35.6 Å². The predicted octanol–water partition coefficient (Wildman–Crippen LogP) is 5.33. The van der Waals surface area contributed by atoms with Crippen LogP contribution in [0.2, 0.25) is 10.0 Å². The molecule has 0 fully saturated rings. The third-order valence-corrected chi connectivity index (χ3v) is 4.05. The Morgan fingerprint density at radius 1 is 1.08 bits per heavy atom. The van der Waals surface area contributed by atoms with E-state index in [2.05, 4.69) is 13.8 Å². The van der Waals surface area contributed by atoms with Crippen molar-refractivity contribution in [3.63, 3.8) is 0 Å².